The number of rotatable bonds is 9. The highest BCUT2D eigenvalue weighted by molar-refractivity contribution is 5.98. The summed E-state index contributed by atoms with van der Waals surface area (Å²) in [5.74, 6) is 1.02. The van der Waals surface area contributed by atoms with Gasteiger partial charge in [-0.15, -0.1) is 0 Å². The van der Waals surface area contributed by atoms with E-state index in [0.717, 1.165) is 0 Å². The standard InChI is InChI=1S/C20H22O7/c1-23-15-7-5-6-14(11-15)16(21)12-27-19(22)10-13-8-17(24-2)20(26-4)18(9-13)25-3/h5-9,11H,10,12H2,1-4H3. The van der Waals surface area contributed by atoms with Crippen LogP contribution in [0.1, 0.15) is 15.9 Å². The number of carbonyl (C=O) groups excluding carboxylic acids is 2. The minimum atomic E-state index is -0.541. The molecule has 0 amide bonds. The van der Waals surface area contributed by atoms with Gasteiger partial charge in [0, 0.05) is 5.56 Å². The van der Waals surface area contributed by atoms with Gasteiger partial charge in [-0.25, -0.2) is 0 Å². The molecule has 0 aliphatic heterocycles. The van der Waals surface area contributed by atoms with Gasteiger partial charge in [0.05, 0.1) is 34.9 Å². The van der Waals surface area contributed by atoms with Crippen molar-refractivity contribution in [2.45, 2.75) is 6.42 Å². The van der Waals surface area contributed by atoms with Crippen LogP contribution < -0.4 is 18.9 Å². The van der Waals surface area contributed by atoms with Crippen LogP contribution in [0.15, 0.2) is 36.4 Å². The largest absolute Gasteiger partial charge is 0.497 e. The minimum Gasteiger partial charge on any atom is -0.497 e. The first-order chi connectivity index (χ1) is 13.0. The number of carbonyl (C=O) groups is 2. The molecular formula is C20H22O7. The molecular weight excluding hydrogens is 352 g/mol. The van der Waals surface area contributed by atoms with Crippen LogP contribution in [0, 0.1) is 0 Å². The Balaban J connectivity index is 2.02. The van der Waals surface area contributed by atoms with E-state index in [0.29, 0.717) is 34.1 Å². The summed E-state index contributed by atoms with van der Waals surface area (Å²) < 4.78 is 25.9. The maximum absolute atomic E-state index is 12.2. The second-order valence-electron chi connectivity index (χ2n) is 5.53. The van der Waals surface area contributed by atoms with E-state index >= 15 is 0 Å². The Labute approximate surface area is 157 Å². The summed E-state index contributed by atoms with van der Waals surface area (Å²) in [6.45, 7) is -0.351. The smallest absolute Gasteiger partial charge is 0.310 e. The second-order valence-corrected chi connectivity index (χ2v) is 5.53. The Bertz CT molecular complexity index is 789. The number of esters is 1. The lowest BCUT2D eigenvalue weighted by Crippen LogP contribution is -2.16. The molecule has 0 fully saturated rings. The summed E-state index contributed by atoms with van der Waals surface area (Å²) in [6.07, 6.45) is -0.0396. The van der Waals surface area contributed by atoms with Crippen LogP contribution in [-0.4, -0.2) is 46.8 Å². The number of benzene rings is 2. The summed E-state index contributed by atoms with van der Waals surface area (Å²) >= 11 is 0. The SMILES string of the molecule is COc1cccc(C(=O)COC(=O)Cc2cc(OC)c(OC)c(OC)c2)c1. The van der Waals surface area contributed by atoms with Gasteiger partial charge in [-0.05, 0) is 29.8 Å². The average Bonchev–Trinajstić information content (AvgIpc) is 2.71. The second kappa shape index (κ2) is 9.47. The van der Waals surface area contributed by atoms with Gasteiger partial charge in [0.25, 0.3) is 0 Å². The number of Topliss-reactive ketones (excluding diaryl/α,β-unsaturated/α-hetero) is 1. The highest BCUT2D eigenvalue weighted by atomic mass is 16.5. The Hall–Kier alpha value is -3.22. The van der Waals surface area contributed by atoms with Crippen molar-refractivity contribution in [1.82, 2.24) is 0 Å². The highest BCUT2D eigenvalue weighted by Gasteiger charge is 2.16. The van der Waals surface area contributed by atoms with Crippen LogP contribution in [0.5, 0.6) is 23.0 Å². The van der Waals surface area contributed by atoms with Crippen molar-refractivity contribution >= 4 is 11.8 Å². The van der Waals surface area contributed by atoms with E-state index in [1.807, 2.05) is 0 Å². The van der Waals surface area contributed by atoms with Gasteiger partial charge in [-0.1, -0.05) is 12.1 Å². The van der Waals surface area contributed by atoms with Gasteiger partial charge in [0.2, 0.25) is 5.75 Å². The molecule has 0 heterocycles. The number of ketones is 1. The quantitative estimate of drug-likeness (QED) is 0.493. The van der Waals surface area contributed by atoms with Crippen molar-refractivity contribution in [2.75, 3.05) is 35.0 Å². The number of methoxy groups -OCH3 is 4. The van der Waals surface area contributed by atoms with E-state index in [4.69, 9.17) is 23.7 Å². The third kappa shape index (κ3) is 5.13. The lowest BCUT2D eigenvalue weighted by molar-refractivity contribution is -0.141. The third-order valence-electron chi connectivity index (χ3n) is 3.83. The Kier molecular flexibility index (Phi) is 7.05. The number of hydrogen-bond donors (Lipinski definition) is 0. The zero-order valence-corrected chi connectivity index (χ0v) is 15.7. The van der Waals surface area contributed by atoms with Gasteiger partial charge in [0.15, 0.2) is 23.9 Å². The van der Waals surface area contributed by atoms with Crippen molar-refractivity contribution in [1.29, 1.82) is 0 Å². The molecule has 0 spiro atoms. The maximum Gasteiger partial charge on any atom is 0.310 e. The zero-order valence-electron chi connectivity index (χ0n) is 15.7. The highest BCUT2D eigenvalue weighted by Crippen LogP contribution is 2.38. The van der Waals surface area contributed by atoms with E-state index in [2.05, 4.69) is 0 Å². The molecule has 0 aliphatic carbocycles. The lowest BCUT2D eigenvalue weighted by Gasteiger charge is -2.14. The Morgan fingerprint density at radius 1 is 0.852 bits per heavy atom. The van der Waals surface area contributed by atoms with E-state index in [1.165, 1.54) is 28.4 Å². The third-order valence-corrected chi connectivity index (χ3v) is 3.83. The molecule has 0 atom stereocenters. The van der Waals surface area contributed by atoms with Crippen molar-refractivity contribution in [3.8, 4) is 23.0 Å². The van der Waals surface area contributed by atoms with Crippen LogP contribution in [0.3, 0.4) is 0 Å². The summed E-state index contributed by atoms with van der Waals surface area (Å²) in [5, 5.41) is 0. The Morgan fingerprint density at radius 3 is 2.07 bits per heavy atom. The molecule has 7 nitrogen and oxygen atoms in total. The summed E-state index contributed by atoms with van der Waals surface area (Å²) in [5.41, 5.74) is 1.03. The van der Waals surface area contributed by atoms with Crippen LogP contribution in [0.2, 0.25) is 0 Å². The molecule has 0 aliphatic rings. The van der Waals surface area contributed by atoms with Crippen LogP contribution in [0.25, 0.3) is 0 Å². The molecule has 7 heteroatoms. The normalized spacial score (nSPS) is 10.1. The average molecular weight is 374 g/mol. The van der Waals surface area contributed by atoms with Gasteiger partial charge < -0.3 is 23.7 Å². The zero-order chi connectivity index (χ0) is 19.8. The molecule has 0 N–H and O–H groups in total. The first-order valence-corrected chi connectivity index (χ1v) is 8.14. The predicted octanol–water partition coefficient (Wildman–Crippen LogP) is 2.69. The van der Waals surface area contributed by atoms with Crippen LogP contribution >= 0.6 is 0 Å². The predicted molar refractivity (Wildman–Crippen MR) is 98.1 cm³/mol. The number of hydrogen-bond acceptors (Lipinski definition) is 7. The van der Waals surface area contributed by atoms with Crippen molar-refractivity contribution in [2.24, 2.45) is 0 Å². The molecule has 2 rings (SSSR count). The maximum atomic E-state index is 12.2. The summed E-state index contributed by atoms with van der Waals surface area (Å²) in [6, 6.07) is 9.98. The molecule has 2 aromatic rings. The Morgan fingerprint density at radius 2 is 1.52 bits per heavy atom. The van der Waals surface area contributed by atoms with Crippen molar-refractivity contribution in [3.05, 3.63) is 47.5 Å². The lowest BCUT2D eigenvalue weighted by atomic mass is 10.1. The van der Waals surface area contributed by atoms with Crippen molar-refractivity contribution < 1.29 is 33.3 Å². The summed E-state index contributed by atoms with van der Waals surface area (Å²) in [4.78, 5) is 24.3. The van der Waals surface area contributed by atoms with Crippen molar-refractivity contribution in [3.63, 3.8) is 0 Å². The first-order valence-electron chi connectivity index (χ1n) is 8.14. The number of ether oxygens (including phenoxy) is 5. The van der Waals surface area contributed by atoms with Gasteiger partial charge in [0.1, 0.15) is 5.75 Å². The first kappa shape index (κ1) is 20.1. The molecule has 0 bridgehead atoms. The molecule has 0 unspecified atom stereocenters. The fourth-order valence-electron chi connectivity index (χ4n) is 2.48. The molecule has 144 valence electrons. The van der Waals surface area contributed by atoms with Crippen LogP contribution in [0.4, 0.5) is 0 Å². The fourth-order valence-corrected chi connectivity index (χ4v) is 2.48. The summed E-state index contributed by atoms with van der Waals surface area (Å²) in [7, 11) is 6.00. The van der Waals surface area contributed by atoms with E-state index < -0.39 is 5.97 Å². The van der Waals surface area contributed by atoms with E-state index in [-0.39, 0.29) is 18.8 Å². The molecule has 0 saturated heterocycles. The van der Waals surface area contributed by atoms with Gasteiger partial charge in [-0.2, -0.15) is 0 Å². The van der Waals surface area contributed by atoms with E-state index in [9.17, 15) is 9.59 Å². The topological polar surface area (TPSA) is 80.3 Å². The van der Waals surface area contributed by atoms with Gasteiger partial charge in [-0.3, -0.25) is 9.59 Å². The van der Waals surface area contributed by atoms with Gasteiger partial charge >= 0.3 is 5.97 Å². The minimum absolute atomic E-state index is 0.0396. The monoisotopic (exact) mass is 374 g/mol. The molecule has 0 aromatic heterocycles. The molecule has 0 saturated carbocycles. The molecule has 27 heavy (non-hydrogen) atoms. The molecule has 2 aromatic carbocycles. The van der Waals surface area contributed by atoms with E-state index in [1.54, 1.807) is 36.4 Å². The molecule has 0 radical (unpaired) electrons. The van der Waals surface area contributed by atoms with Crippen LogP contribution in [-0.2, 0) is 16.0 Å². The fraction of sp³-hybridized carbons (Fsp3) is 0.300.